The fourth-order valence-electron chi connectivity index (χ4n) is 2.60. The van der Waals surface area contributed by atoms with Gasteiger partial charge in [0, 0.05) is 0 Å². The van der Waals surface area contributed by atoms with Gasteiger partial charge in [0.25, 0.3) is 5.56 Å². The summed E-state index contributed by atoms with van der Waals surface area (Å²) in [5, 5.41) is 0.507. The highest BCUT2D eigenvalue weighted by Crippen LogP contribution is 2.26. The molecule has 3 aromatic rings. The monoisotopic (exact) mass is 353 g/mol. The molecule has 1 heterocycles. The second kappa shape index (κ2) is 6.72. The minimum Gasteiger partial charge on any atom is -0.369 e. The third-order valence-electron chi connectivity index (χ3n) is 4.24. The number of amides is 1. The second-order valence-electron chi connectivity index (χ2n) is 5.93. The molecule has 3 rings (SSSR count). The lowest BCUT2D eigenvalue weighted by Crippen LogP contribution is -2.26. The van der Waals surface area contributed by atoms with Crippen LogP contribution in [0.1, 0.15) is 18.1 Å². The average Bonchev–Trinajstić information content (AvgIpc) is 2.58. The summed E-state index contributed by atoms with van der Waals surface area (Å²) < 4.78 is 1.58. The average molecular weight is 353 g/mol. The number of thioether (sulfide) groups is 1. The zero-order valence-electron chi connectivity index (χ0n) is 14.3. The summed E-state index contributed by atoms with van der Waals surface area (Å²) in [5.41, 5.74) is 8.69. The van der Waals surface area contributed by atoms with E-state index in [-0.39, 0.29) is 5.56 Å². The number of nitrogens with two attached hydrogens (primary N) is 1. The Hall–Kier alpha value is -2.60. The van der Waals surface area contributed by atoms with E-state index in [0.717, 1.165) is 16.8 Å². The van der Waals surface area contributed by atoms with Crippen molar-refractivity contribution in [1.29, 1.82) is 0 Å². The van der Waals surface area contributed by atoms with Crippen molar-refractivity contribution >= 4 is 28.6 Å². The molecule has 0 saturated heterocycles. The largest absolute Gasteiger partial charge is 0.369 e. The first-order valence-corrected chi connectivity index (χ1v) is 8.82. The number of nitrogens with zero attached hydrogens (tertiary/aromatic N) is 2. The van der Waals surface area contributed by atoms with E-state index in [4.69, 9.17) is 5.73 Å². The standard InChI is InChI=1S/C19H19N3O2S/c1-11-7-6-10-16(12(11)2)22-18(24)14-8-4-5-9-15(14)21-19(22)25-13(3)17(20)23/h4-10,13H,1-3H3,(H2,20,23)/t13-/m0/s1. The summed E-state index contributed by atoms with van der Waals surface area (Å²) in [4.78, 5) is 29.3. The Kier molecular flexibility index (Phi) is 4.63. The maximum atomic E-state index is 13.2. The first-order valence-electron chi connectivity index (χ1n) is 7.94. The number of carbonyl (C=O) groups is 1. The van der Waals surface area contributed by atoms with Crippen molar-refractivity contribution in [1.82, 2.24) is 9.55 Å². The van der Waals surface area contributed by atoms with Gasteiger partial charge >= 0.3 is 0 Å². The molecule has 0 aliphatic heterocycles. The van der Waals surface area contributed by atoms with Gasteiger partial charge in [-0.15, -0.1) is 0 Å². The number of hydrogen-bond acceptors (Lipinski definition) is 4. The Bertz CT molecular complexity index is 1030. The third-order valence-corrected chi connectivity index (χ3v) is 5.32. The first-order chi connectivity index (χ1) is 11.9. The molecule has 2 aromatic carbocycles. The van der Waals surface area contributed by atoms with Crippen molar-refractivity contribution in [2.24, 2.45) is 5.73 Å². The second-order valence-corrected chi connectivity index (χ2v) is 7.24. The molecule has 25 heavy (non-hydrogen) atoms. The van der Waals surface area contributed by atoms with E-state index in [1.54, 1.807) is 23.6 Å². The van der Waals surface area contributed by atoms with Gasteiger partial charge in [-0.05, 0) is 50.1 Å². The lowest BCUT2D eigenvalue weighted by atomic mass is 10.1. The van der Waals surface area contributed by atoms with Crippen LogP contribution in [-0.4, -0.2) is 20.7 Å². The number of carbonyl (C=O) groups excluding carboxylic acids is 1. The van der Waals surface area contributed by atoms with Crippen molar-refractivity contribution in [2.75, 3.05) is 0 Å². The molecule has 0 fully saturated rings. The zero-order valence-corrected chi connectivity index (χ0v) is 15.1. The van der Waals surface area contributed by atoms with Gasteiger partial charge in [-0.25, -0.2) is 4.98 Å². The topological polar surface area (TPSA) is 78.0 Å². The van der Waals surface area contributed by atoms with Crippen LogP contribution in [0.5, 0.6) is 0 Å². The number of aryl methyl sites for hydroxylation is 1. The molecule has 1 aromatic heterocycles. The molecule has 2 N–H and O–H groups in total. The van der Waals surface area contributed by atoms with Gasteiger partial charge in [0.15, 0.2) is 5.16 Å². The highest BCUT2D eigenvalue weighted by Gasteiger charge is 2.19. The Labute approximate surface area is 149 Å². The van der Waals surface area contributed by atoms with E-state index >= 15 is 0 Å². The fourth-order valence-corrected chi connectivity index (χ4v) is 3.47. The van der Waals surface area contributed by atoms with E-state index in [2.05, 4.69) is 4.98 Å². The maximum absolute atomic E-state index is 13.2. The van der Waals surface area contributed by atoms with Crippen LogP contribution >= 0.6 is 11.8 Å². The summed E-state index contributed by atoms with van der Waals surface area (Å²) in [6.45, 7) is 5.68. The number of rotatable bonds is 4. The van der Waals surface area contributed by atoms with Gasteiger partial charge in [0.2, 0.25) is 5.91 Å². The van der Waals surface area contributed by atoms with Crippen molar-refractivity contribution in [3.05, 3.63) is 63.9 Å². The molecule has 0 aliphatic carbocycles. The van der Waals surface area contributed by atoms with Crippen LogP contribution in [0.3, 0.4) is 0 Å². The van der Waals surface area contributed by atoms with E-state index in [9.17, 15) is 9.59 Å². The van der Waals surface area contributed by atoms with Gasteiger partial charge in [-0.2, -0.15) is 0 Å². The summed E-state index contributed by atoms with van der Waals surface area (Å²) in [7, 11) is 0. The Morgan fingerprint density at radius 2 is 1.88 bits per heavy atom. The van der Waals surface area contributed by atoms with Crippen LogP contribution in [0.4, 0.5) is 0 Å². The van der Waals surface area contributed by atoms with Gasteiger partial charge in [0.1, 0.15) is 0 Å². The Morgan fingerprint density at radius 1 is 1.16 bits per heavy atom. The number of fused-ring (bicyclic) bond motifs is 1. The molecule has 0 unspecified atom stereocenters. The van der Waals surface area contributed by atoms with Crippen LogP contribution in [0.2, 0.25) is 0 Å². The van der Waals surface area contributed by atoms with Crippen LogP contribution in [0.25, 0.3) is 16.6 Å². The van der Waals surface area contributed by atoms with Gasteiger partial charge in [-0.1, -0.05) is 36.0 Å². The SMILES string of the molecule is Cc1cccc(-n2c(S[C@@H](C)C(N)=O)nc3ccccc3c2=O)c1C. The van der Waals surface area contributed by atoms with E-state index in [1.165, 1.54) is 11.8 Å². The van der Waals surface area contributed by atoms with Crippen molar-refractivity contribution in [2.45, 2.75) is 31.2 Å². The third kappa shape index (κ3) is 3.17. The zero-order chi connectivity index (χ0) is 18.1. The van der Waals surface area contributed by atoms with Crippen LogP contribution in [0, 0.1) is 13.8 Å². The molecule has 6 heteroatoms. The van der Waals surface area contributed by atoms with E-state index in [0.29, 0.717) is 16.1 Å². The minimum absolute atomic E-state index is 0.154. The molecule has 1 amide bonds. The van der Waals surface area contributed by atoms with E-state index < -0.39 is 11.2 Å². The Morgan fingerprint density at radius 3 is 2.60 bits per heavy atom. The number of hydrogen-bond donors (Lipinski definition) is 1. The summed E-state index contributed by atoms with van der Waals surface area (Å²) in [6.07, 6.45) is 0. The highest BCUT2D eigenvalue weighted by atomic mass is 32.2. The maximum Gasteiger partial charge on any atom is 0.266 e. The van der Waals surface area contributed by atoms with Gasteiger partial charge < -0.3 is 5.73 Å². The number of para-hydroxylation sites is 1. The van der Waals surface area contributed by atoms with Crippen LogP contribution in [-0.2, 0) is 4.79 Å². The molecule has 5 nitrogen and oxygen atoms in total. The molecule has 0 saturated carbocycles. The molecular weight excluding hydrogens is 334 g/mol. The van der Waals surface area contributed by atoms with Crippen LogP contribution in [0.15, 0.2) is 52.4 Å². The quantitative estimate of drug-likeness (QED) is 0.578. The smallest absolute Gasteiger partial charge is 0.266 e. The van der Waals surface area contributed by atoms with Crippen molar-refractivity contribution in [3.8, 4) is 5.69 Å². The molecule has 128 valence electrons. The molecule has 1 atom stereocenters. The summed E-state index contributed by atoms with van der Waals surface area (Å²) in [6, 6.07) is 13.0. The van der Waals surface area contributed by atoms with Gasteiger partial charge in [0.05, 0.1) is 21.8 Å². The highest BCUT2D eigenvalue weighted by molar-refractivity contribution is 8.00. The van der Waals surface area contributed by atoms with Gasteiger partial charge in [-0.3, -0.25) is 14.2 Å². The van der Waals surface area contributed by atoms with Crippen molar-refractivity contribution < 1.29 is 4.79 Å². The predicted octanol–water partition coefficient (Wildman–Crippen LogP) is 2.97. The number of aromatic nitrogens is 2. The normalized spacial score (nSPS) is 12.3. The Balaban J connectivity index is 2.34. The van der Waals surface area contributed by atoms with E-state index in [1.807, 2.05) is 44.2 Å². The van der Waals surface area contributed by atoms with Crippen molar-refractivity contribution in [3.63, 3.8) is 0 Å². The number of primary amides is 1. The number of benzene rings is 2. The van der Waals surface area contributed by atoms with Crippen LogP contribution < -0.4 is 11.3 Å². The first kappa shape index (κ1) is 17.2. The molecule has 0 aliphatic rings. The molecule has 0 bridgehead atoms. The molecular formula is C19H19N3O2S. The summed E-state index contributed by atoms with van der Waals surface area (Å²) >= 11 is 1.19. The minimum atomic E-state index is -0.496. The lowest BCUT2D eigenvalue weighted by molar-refractivity contribution is -0.117. The molecule has 0 spiro atoms. The predicted molar refractivity (Wildman–Crippen MR) is 101 cm³/mol. The molecule has 0 radical (unpaired) electrons. The summed E-state index contributed by atoms with van der Waals surface area (Å²) in [5.74, 6) is -0.445. The fraction of sp³-hybridized carbons (Fsp3) is 0.211. The lowest BCUT2D eigenvalue weighted by Gasteiger charge is -2.17.